The monoisotopic (exact) mass is 327 g/mol. The van der Waals surface area contributed by atoms with Gasteiger partial charge in [-0.05, 0) is 36.3 Å². The van der Waals surface area contributed by atoms with Crippen LogP contribution in [0.25, 0.3) is 0 Å². The fourth-order valence-corrected chi connectivity index (χ4v) is 3.17. The molecule has 3 unspecified atom stereocenters. The molecule has 0 radical (unpaired) electrons. The Morgan fingerprint density at radius 3 is 2.29 bits per heavy atom. The van der Waals surface area contributed by atoms with Gasteiger partial charge in [0.1, 0.15) is 0 Å². The minimum atomic E-state index is -0.260. The first kappa shape index (κ1) is 18.4. The predicted octanol–water partition coefficient (Wildman–Crippen LogP) is 4.11. The molecule has 0 aliphatic rings. The highest BCUT2D eigenvalue weighted by atomic mass is 16.3. The number of aliphatic hydroxyl groups excluding tert-OH is 1. The van der Waals surface area contributed by atoms with Crippen LogP contribution >= 0.6 is 0 Å². The maximum Gasteiger partial charge on any atom is 0.222 e. The number of nitrogens with zero attached hydrogens (tertiary/aromatic N) is 2. The summed E-state index contributed by atoms with van der Waals surface area (Å²) in [6, 6.07) is 12.3. The summed E-state index contributed by atoms with van der Waals surface area (Å²) in [5.41, 5.74) is 1.29. The minimum absolute atomic E-state index is 0.260. The highest BCUT2D eigenvalue weighted by Crippen LogP contribution is 2.31. The lowest BCUT2D eigenvalue weighted by molar-refractivity contribution is 0.0688. The molecule has 0 bridgehead atoms. The van der Waals surface area contributed by atoms with E-state index in [2.05, 4.69) is 53.4 Å². The fourth-order valence-electron chi connectivity index (χ4n) is 3.17. The summed E-state index contributed by atoms with van der Waals surface area (Å²) in [7, 11) is 0. The molecule has 2 rings (SSSR count). The van der Waals surface area contributed by atoms with Gasteiger partial charge in [-0.2, -0.15) is 0 Å². The van der Waals surface area contributed by atoms with Crippen LogP contribution in [0.5, 0.6) is 0 Å². The van der Waals surface area contributed by atoms with E-state index in [9.17, 15) is 5.11 Å². The molecular formula is C20H29N3O. The average Bonchev–Trinajstić information content (AvgIpc) is 2.62. The van der Waals surface area contributed by atoms with Crippen molar-refractivity contribution in [3.63, 3.8) is 0 Å². The highest BCUT2D eigenvalue weighted by molar-refractivity contribution is 5.26. The van der Waals surface area contributed by atoms with Gasteiger partial charge >= 0.3 is 0 Å². The third kappa shape index (κ3) is 5.31. The third-order valence-corrected chi connectivity index (χ3v) is 4.67. The van der Waals surface area contributed by atoms with E-state index in [-0.39, 0.29) is 12.0 Å². The van der Waals surface area contributed by atoms with Crippen LogP contribution in [-0.4, -0.2) is 27.7 Å². The first-order valence-corrected chi connectivity index (χ1v) is 8.85. The van der Waals surface area contributed by atoms with E-state index in [4.69, 9.17) is 0 Å². The minimum Gasteiger partial charge on any atom is -0.393 e. The maximum atomic E-state index is 10.4. The van der Waals surface area contributed by atoms with E-state index >= 15 is 0 Å². The molecule has 2 aromatic rings. The quantitative estimate of drug-likeness (QED) is 0.728. The summed E-state index contributed by atoms with van der Waals surface area (Å²) in [4.78, 5) is 8.48. The topological polar surface area (TPSA) is 58.0 Å². The summed E-state index contributed by atoms with van der Waals surface area (Å²) in [6.07, 6.45) is 4.95. The molecule has 24 heavy (non-hydrogen) atoms. The van der Waals surface area contributed by atoms with Gasteiger partial charge in [-0.15, -0.1) is 0 Å². The SMILES string of the molecule is CCC(O)C(CC(CNc1ncccn1)c1ccccc1)C(C)C. The molecule has 1 aromatic heterocycles. The molecule has 0 spiro atoms. The Hall–Kier alpha value is -1.94. The van der Waals surface area contributed by atoms with Gasteiger partial charge in [0, 0.05) is 24.9 Å². The molecule has 0 saturated heterocycles. The molecular weight excluding hydrogens is 298 g/mol. The van der Waals surface area contributed by atoms with E-state index < -0.39 is 0 Å². The largest absolute Gasteiger partial charge is 0.393 e. The Labute approximate surface area is 145 Å². The molecule has 0 saturated carbocycles. The van der Waals surface area contributed by atoms with Gasteiger partial charge in [0.25, 0.3) is 0 Å². The van der Waals surface area contributed by atoms with E-state index in [0.29, 0.717) is 17.8 Å². The lowest BCUT2D eigenvalue weighted by Crippen LogP contribution is -2.28. The molecule has 4 nitrogen and oxygen atoms in total. The van der Waals surface area contributed by atoms with Crippen molar-refractivity contribution in [2.75, 3.05) is 11.9 Å². The highest BCUT2D eigenvalue weighted by Gasteiger charge is 2.26. The van der Waals surface area contributed by atoms with Crippen LogP contribution in [0.15, 0.2) is 48.8 Å². The molecule has 130 valence electrons. The molecule has 0 aliphatic heterocycles. The first-order chi connectivity index (χ1) is 11.6. The van der Waals surface area contributed by atoms with Crippen molar-refractivity contribution in [2.24, 2.45) is 11.8 Å². The van der Waals surface area contributed by atoms with Crippen molar-refractivity contribution in [3.8, 4) is 0 Å². The molecule has 3 atom stereocenters. The van der Waals surface area contributed by atoms with Crippen LogP contribution < -0.4 is 5.32 Å². The van der Waals surface area contributed by atoms with Crippen molar-refractivity contribution < 1.29 is 5.11 Å². The van der Waals surface area contributed by atoms with Crippen LogP contribution in [0.3, 0.4) is 0 Å². The van der Waals surface area contributed by atoms with Crippen molar-refractivity contribution in [2.45, 2.75) is 45.6 Å². The molecule has 1 aromatic carbocycles. The van der Waals surface area contributed by atoms with E-state index in [1.165, 1.54) is 5.56 Å². The van der Waals surface area contributed by atoms with Crippen LogP contribution in [0.4, 0.5) is 5.95 Å². The summed E-state index contributed by atoms with van der Waals surface area (Å²) < 4.78 is 0. The zero-order valence-corrected chi connectivity index (χ0v) is 14.9. The molecule has 0 amide bonds. The molecule has 0 aliphatic carbocycles. The van der Waals surface area contributed by atoms with Crippen LogP contribution in [0.1, 0.15) is 45.1 Å². The fraction of sp³-hybridized carbons (Fsp3) is 0.500. The predicted molar refractivity (Wildman–Crippen MR) is 98.9 cm³/mol. The zero-order valence-electron chi connectivity index (χ0n) is 14.9. The average molecular weight is 327 g/mol. The standard InChI is InChI=1S/C20H29N3O/c1-4-19(24)18(15(2)3)13-17(16-9-6-5-7-10-16)14-23-20-21-11-8-12-22-20/h5-12,15,17-19,24H,4,13-14H2,1-3H3,(H,21,22,23). The second-order valence-electron chi connectivity index (χ2n) is 6.68. The number of anilines is 1. The van der Waals surface area contributed by atoms with Gasteiger partial charge < -0.3 is 10.4 Å². The molecule has 2 N–H and O–H groups in total. The zero-order chi connectivity index (χ0) is 17.4. The van der Waals surface area contributed by atoms with E-state index in [0.717, 1.165) is 19.4 Å². The number of aliphatic hydroxyl groups is 1. The molecule has 0 fully saturated rings. The van der Waals surface area contributed by atoms with Crippen LogP contribution in [0, 0.1) is 11.8 Å². The van der Waals surface area contributed by atoms with Crippen molar-refractivity contribution >= 4 is 5.95 Å². The Kier molecular flexibility index (Phi) is 7.19. The number of hydrogen-bond donors (Lipinski definition) is 2. The summed E-state index contributed by atoms with van der Waals surface area (Å²) >= 11 is 0. The lowest BCUT2D eigenvalue weighted by atomic mass is 9.79. The second kappa shape index (κ2) is 9.38. The summed E-state index contributed by atoms with van der Waals surface area (Å²) in [6.45, 7) is 7.19. The Balaban J connectivity index is 2.13. The van der Waals surface area contributed by atoms with Gasteiger partial charge in [-0.1, -0.05) is 51.1 Å². The van der Waals surface area contributed by atoms with Gasteiger partial charge in [0.15, 0.2) is 0 Å². The Morgan fingerprint density at radius 1 is 1.04 bits per heavy atom. The van der Waals surface area contributed by atoms with Gasteiger partial charge in [0.2, 0.25) is 5.95 Å². The van der Waals surface area contributed by atoms with E-state index in [1.807, 2.05) is 19.1 Å². The van der Waals surface area contributed by atoms with Crippen molar-refractivity contribution in [1.82, 2.24) is 9.97 Å². The Morgan fingerprint density at radius 2 is 1.71 bits per heavy atom. The summed E-state index contributed by atoms with van der Waals surface area (Å²) in [5.74, 6) is 1.68. The van der Waals surface area contributed by atoms with Gasteiger partial charge in [-0.3, -0.25) is 0 Å². The van der Waals surface area contributed by atoms with Gasteiger partial charge in [0.05, 0.1) is 6.10 Å². The second-order valence-corrected chi connectivity index (χ2v) is 6.68. The lowest BCUT2D eigenvalue weighted by Gasteiger charge is -2.30. The van der Waals surface area contributed by atoms with E-state index in [1.54, 1.807) is 12.4 Å². The molecule has 4 heteroatoms. The van der Waals surface area contributed by atoms with Crippen molar-refractivity contribution in [3.05, 3.63) is 54.4 Å². The normalized spacial score (nSPS) is 15.0. The van der Waals surface area contributed by atoms with Crippen LogP contribution in [-0.2, 0) is 0 Å². The number of nitrogens with one attached hydrogen (secondary N) is 1. The number of aromatic nitrogens is 2. The van der Waals surface area contributed by atoms with Crippen LogP contribution in [0.2, 0.25) is 0 Å². The van der Waals surface area contributed by atoms with Crippen molar-refractivity contribution in [1.29, 1.82) is 0 Å². The third-order valence-electron chi connectivity index (χ3n) is 4.67. The number of benzene rings is 1. The maximum absolute atomic E-state index is 10.4. The Bertz CT molecular complexity index is 574. The van der Waals surface area contributed by atoms with Gasteiger partial charge in [-0.25, -0.2) is 9.97 Å². The molecule has 1 heterocycles. The number of hydrogen-bond acceptors (Lipinski definition) is 4. The summed E-state index contributed by atoms with van der Waals surface area (Å²) in [5, 5.41) is 13.8. The number of rotatable bonds is 9. The first-order valence-electron chi connectivity index (χ1n) is 8.85. The smallest absolute Gasteiger partial charge is 0.222 e.